The van der Waals surface area contributed by atoms with Gasteiger partial charge in [0, 0.05) is 35.8 Å². The van der Waals surface area contributed by atoms with Crippen molar-refractivity contribution in [1.82, 2.24) is 19.9 Å². The average Bonchev–Trinajstić information content (AvgIpc) is 3.12. The van der Waals surface area contributed by atoms with Crippen LogP contribution < -0.4 is 15.4 Å². The van der Waals surface area contributed by atoms with Gasteiger partial charge in [0.05, 0.1) is 28.2 Å². The summed E-state index contributed by atoms with van der Waals surface area (Å²) in [7, 11) is 0. The van der Waals surface area contributed by atoms with E-state index in [-0.39, 0.29) is 46.9 Å². The lowest BCUT2D eigenvalue weighted by Gasteiger charge is -2.52. The standard InChI is InChI=1S/C32H31F5N6O/c1-16-17(2)40-29-25-24(16)27(34)28(20-11-23(38)39-18(3)26(20)32(35,36)37)41-30(25)44-13-22-21-9-10-31(14-33,15-42(22)29)43(21)12-19-7-5-4-6-8-19/h4-8,11,21-22H,9-10,12-15H2,1-3H3,(H2,38,39)/t21-,22+,31-/m0/s1. The van der Waals surface area contributed by atoms with E-state index >= 15 is 8.78 Å². The molecular weight excluding hydrogens is 579 g/mol. The van der Waals surface area contributed by atoms with Crippen LogP contribution in [-0.2, 0) is 12.7 Å². The number of rotatable bonds is 4. The van der Waals surface area contributed by atoms with Crippen LogP contribution >= 0.6 is 0 Å². The Kier molecular flexibility index (Phi) is 6.51. The quantitative estimate of drug-likeness (QED) is 0.271. The summed E-state index contributed by atoms with van der Waals surface area (Å²) in [6.45, 7) is 4.97. The van der Waals surface area contributed by atoms with Gasteiger partial charge in [-0.05, 0) is 50.8 Å². The third kappa shape index (κ3) is 4.21. The first-order valence-corrected chi connectivity index (χ1v) is 14.5. The van der Waals surface area contributed by atoms with Crippen LogP contribution in [0.15, 0.2) is 36.4 Å². The highest BCUT2D eigenvalue weighted by atomic mass is 19.4. The molecule has 3 aromatic heterocycles. The monoisotopic (exact) mass is 610 g/mol. The van der Waals surface area contributed by atoms with Gasteiger partial charge in [0.25, 0.3) is 0 Å². The Morgan fingerprint density at radius 3 is 2.48 bits per heavy atom. The molecule has 6 heterocycles. The van der Waals surface area contributed by atoms with Crippen molar-refractivity contribution in [3.8, 4) is 17.1 Å². The predicted octanol–water partition coefficient (Wildman–Crippen LogP) is 6.31. The van der Waals surface area contributed by atoms with Crippen molar-refractivity contribution in [2.45, 2.75) is 64.0 Å². The van der Waals surface area contributed by atoms with Crippen molar-refractivity contribution in [2.24, 2.45) is 0 Å². The van der Waals surface area contributed by atoms with Crippen LogP contribution in [0.5, 0.6) is 5.88 Å². The lowest BCUT2D eigenvalue weighted by molar-refractivity contribution is -0.137. The molecule has 230 valence electrons. The van der Waals surface area contributed by atoms with E-state index in [0.29, 0.717) is 36.6 Å². The summed E-state index contributed by atoms with van der Waals surface area (Å²) < 4.78 is 80.9. The summed E-state index contributed by atoms with van der Waals surface area (Å²) in [5, 5.41) is 0.344. The first-order valence-electron chi connectivity index (χ1n) is 14.5. The van der Waals surface area contributed by atoms with E-state index in [1.165, 1.54) is 6.92 Å². The molecule has 2 N–H and O–H groups in total. The number of hydrogen-bond acceptors (Lipinski definition) is 7. The fourth-order valence-electron chi connectivity index (χ4n) is 7.44. The molecule has 0 amide bonds. The van der Waals surface area contributed by atoms with Crippen LogP contribution in [0.25, 0.3) is 22.0 Å². The number of benzene rings is 1. The molecular formula is C32H31F5N6O. The molecule has 2 saturated heterocycles. The van der Waals surface area contributed by atoms with Crippen molar-refractivity contribution in [1.29, 1.82) is 0 Å². The number of anilines is 2. The third-order valence-corrected chi connectivity index (χ3v) is 9.61. The number of nitrogens with zero attached hydrogens (tertiary/aromatic N) is 5. The van der Waals surface area contributed by atoms with Gasteiger partial charge in [-0.2, -0.15) is 13.2 Å². The van der Waals surface area contributed by atoms with Gasteiger partial charge in [-0.1, -0.05) is 30.3 Å². The lowest BCUT2D eigenvalue weighted by atomic mass is 9.93. The summed E-state index contributed by atoms with van der Waals surface area (Å²) in [6, 6.07) is 10.5. The van der Waals surface area contributed by atoms with Crippen LogP contribution in [-0.4, -0.2) is 57.3 Å². The minimum Gasteiger partial charge on any atom is -0.475 e. The summed E-state index contributed by atoms with van der Waals surface area (Å²) in [5.41, 5.74) is 4.56. The number of aromatic nitrogens is 3. The van der Waals surface area contributed by atoms with Gasteiger partial charge < -0.3 is 15.4 Å². The fourth-order valence-corrected chi connectivity index (χ4v) is 7.44. The molecule has 0 spiro atoms. The zero-order chi connectivity index (χ0) is 31.1. The predicted molar refractivity (Wildman–Crippen MR) is 157 cm³/mol. The molecule has 2 fully saturated rings. The Morgan fingerprint density at radius 2 is 1.77 bits per heavy atom. The molecule has 2 bridgehead atoms. The Bertz CT molecular complexity index is 1800. The number of aryl methyl sites for hydroxylation is 3. The molecule has 4 aromatic rings. The zero-order valence-electron chi connectivity index (χ0n) is 24.5. The normalized spacial score (nSPS) is 23.0. The Balaban J connectivity index is 1.42. The maximum atomic E-state index is 16.7. The molecule has 44 heavy (non-hydrogen) atoms. The topological polar surface area (TPSA) is 80.4 Å². The number of piperazine rings is 1. The minimum absolute atomic E-state index is 0.0163. The lowest BCUT2D eigenvalue weighted by Crippen LogP contribution is -2.67. The largest absolute Gasteiger partial charge is 0.475 e. The summed E-state index contributed by atoms with van der Waals surface area (Å²) in [4.78, 5) is 17.3. The van der Waals surface area contributed by atoms with E-state index in [2.05, 4.69) is 14.9 Å². The zero-order valence-corrected chi connectivity index (χ0v) is 24.5. The second kappa shape index (κ2) is 9.98. The number of ether oxygens (including phenoxy) is 1. The van der Waals surface area contributed by atoms with E-state index in [4.69, 9.17) is 15.5 Å². The number of halogens is 5. The van der Waals surface area contributed by atoms with E-state index in [0.717, 1.165) is 18.1 Å². The van der Waals surface area contributed by atoms with E-state index in [1.807, 2.05) is 35.2 Å². The highest BCUT2D eigenvalue weighted by Gasteiger charge is 2.57. The molecule has 3 aliphatic heterocycles. The first-order chi connectivity index (χ1) is 20.9. The number of fused-ring (bicyclic) bond motifs is 5. The highest BCUT2D eigenvalue weighted by molar-refractivity contribution is 6.01. The smallest absolute Gasteiger partial charge is 0.418 e. The molecule has 3 aliphatic rings. The van der Waals surface area contributed by atoms with Gasteiger partial charge in [-0.3, -0.25) is 4.90 Å². The molecule has 7 nitrogen and oxygen atoms in total. The Labute approximate surface area is 250 Å². The molecule has 1 aromatic carbocycles. The first kappa shape index (κ1) is 28.7. The number of alkyl halides is 4. The number of pyridine rings is 3. The average molecular weight is 611 g/mol. The van der Waals surface area contributed by atoms with Crippen LogP contribution in [0.1, 0.15) is 40.9 Å². The molecule has 3 atom stereocenters. The maximum Gasteiger partial charge on any atom is 0.418 e. The van der Waals surface area contributed by atoms with Crippen LogP contribution in [0, 0.1) is 26.6 Å². The van der Waals surface area contributed by atoms with Gasteiger partial charge in [0.2, 0.25) is 5.88 Å². The van der Waals surface area contributed by atoms with Gasteiger partial charge in [0.15, 0.2) is 5.82 Å². The Hall–Kier alpha value is -4.06. The maximum absolute atomic E-state index is 16.7. The van der Waals surface area contributed by atoms with Crippen LogP contribution in [0.2, 0.25) is 0 Å². The Morgan fingerprint density at radius 1 is 1.02 bits per heavy atom. The van der Waals surface area contributed by atoms with E-state index in [9.17, 15) is 13.2 Å². The van der Waals surface area contributed by atoms with Crippen molar-refractivity contribution < 1.29 is 26.7 Å². The fraction of sp³-hybridized carbons (Fsp3) is 0.406. The van der Waals surface area contributed by atoms with Crippen molar-refractivity contribution >= 4 is 22.4 Å². The molecule has 0 unspecified atom stereocenters. The van der Waals surface area contributed by atoms with Gasteiger partial charge in [-0.15, -0.1) is 0 Å². The molecule has 0 aliphatic carbocycles. The molecule has 0 radical (unpaired) electrons. The van der Waals surface area contributed by atoms with E-state index < -0.39 is 41.0 Å². The molecule has 7 rings (SSSR count). The second-order valence-electron chi connectivity index (χ2n) is 12.1. The number of nitrogens with two attached hydrogens (primary N) is 1. The third-order valence-electron chi connectivity index (χ3n) is 9.61. The minimum atomic E-state index is -4.84. The van der Waals surface area contributed by atoms with Gasteiger partial charge in [-0.25, -0.2) is 23.7 Å². The highest BCUT2D eigenvalue weighted by Crippen LogP contribution is 2.50. The van der Waals surface area contributed by atoms with Crippen LogP contribution in [0.3, 0.4) is 0 Å². The number of nitrogen functional groups attached to an aromatic ring is 1. The SMILES string of the molecule is Cc1nc(N)cc(-c2nc3c4c(nc(C)c(C)c4c2F)N2C[C@@]4(CF)CC[C@@H]([C@H]2CO3)N4Cc2ccccc2)c1C(F)(F)F. The molecule has 12 heteroatoms. The van der Waals surface area contributed by atoms with Crippen molar-refractivity contribution in [3.63, 3.8) is 0 Å². The van der Waals surface area contributed by atoms with Gasteiger partial charge in [0.1, 0.15) is 30.6 Å². The summed E-state index contributed by atoms with van der Waals surface area (Å²) in [6.07, 6.45) is -3.47. The summed E-state index contributed by atoms with van der Waals surface area (Å²) >= 11 is 0. The van der Waals surface area contributed by atoms with Crippen molar-refractivity contribution in [2.75, 3.05) is 30.5 Å². The second-order valence-corrected chi connectivity index (χ2v) is 12.1. The number of hydrogen-bond donors (Lipinski definition) is 1. The van der Waals surface area contributed by atoms with Gasteiger partial charge >= 0.3 is 6.18 Å². The summed E-state index contributed by atoms with van der Waals surface area (Å²) in [5.74, 6) is -0.733. The van der Waals surface area contributed by atoms with Crippen molar-refractivity contribution in [3.05, 3.63) is 70.3 Å². The van der Waals surface area contributed by atoms with E-state index in [1.54, 1.807) is 13.8 Å². The van der Waals surface area contributed by atoms with Crippen LogP contribution in [0.4, 0.5) is 33.6 Å². The molecule has 0 saturated carbocycles.